The largest absolute Gasteiger partial charge is 0.373 e. The standard InChI is InChI=1S/HN3.3N3.H4Si/c4*1-3-2;/h1H;;;;1H4/q;3*-1;. The Labute approximate surface area is 75.9 Å². The van der Waals surface area contributed by atoms with E-state index >= 15 is 0 Å². The Morgan fingerprint density at radius 2 is 0.615 bits per heavy atom. The maximum atomic E-state index is 6.86. The molecule has 0 fully saturated rings. The number of rotatable bonds is 0. The highest BCUT2D eigenvalue weighted by atomic mass is 28.1. The molecule has 13 heteroatoms. The summed E-state index contributed by atoms with van der Waals surface area (Å²) >= 11 is 0. The smallest absolute Gasteiger partial charge is 0.00208 e. The van der Waals surface area contributed by atoms with Gasteiger partial charge in [0.1, 0.15) is 0 Å². The van der Waals surface area contributed by atoms with E-state index in [-0.39, 0.29) is 11.0 Å². The van der Waals surface area contributed by atoms with Gasteiger partial charge in [0, 0.05) is 0 Å². The van der Waals surface area contributed by atoms with Crippen LogP contribution in [-0.2, 0) is 0 Å². The first-order valence-corrected chi connectivity index (χ1v) is 1.62. The van der Waals surface area contributed by atoms with Gasteiger partial charge in [-0.3, -0.25) is 14.7 Å². The molecule has 0 spiro atoms. The van der Waals surface area contributed by atoms with Gasteiger partial charge in [-0.1, -0.05) is 0 Å². The molecule has 0 bridgehead atoms. The maximum Gasteiger partial charge on any atom is -0.00208 e. The number of nitrogens with zero attached hydrogens (tertiary/aromatic N) is 11. The van der Waals surface area contributed by atoms with Crippen molar-refractivity contribution in [1.82, 2.24) is 0 Å². The number of hydrogen-bond donors (Lipinski definition) is 1. The Hall–Kier alpha value is -2.54. The molecule has 0 aliphatic carbocycles. The molecular formula is H5N12Si-3. The third-order valence-corrected chi connectivity index (χ3v) is 0. The van der Waals surface area contributed by atoms with Crippen molar-refractivity contribution < 1.29 is 0 Å². The van der Waals surface area contributed by atoms with Gasteiger partial charge in [-0.2, -0.15) is 0 Å². The van der Waals surface area contributed by atoms with E-state index < -0.39 is 0 Å². The summed E-state index contributed by atoms with van der Waals surface area (Å²) in [6.45, 7) is 0. The average Bonchev–Trinajstić information content (AvgIpc) is 1.92. The van der Waals surface area contributed by atoms with E-state index in [0.717, 1.165) is 0 Å². The summed E-state index contributed by atoms with van der Waals surface area (Å²) in [5.74, 6) is 0. The van der Waals surface area contributed by atoms with Gasteiger partial charge < -0.3 is 33.2 Å². The van der Waals surface area contributed by atoms with E-state index in [0.29, 0.717) is 0 Å². The summed E-state index contributed by atoms with van der Waals surface area (Å²) in [5.41, 5.74) is 52.8. The summed E-state index contributed by atoms with van der Waals surface area (Å²) in [4.78, 5) is 6.25. The lowest BCUT2D eigenvalue weighted by atomic mass is 13.0. The highest BCUT2D eigenvalue weighted by Gasteiger charge is 0.973. The second-order valence-corrected chi connectivity index (χ2v) is 0.368. The zero-order chi connectivity index (χ0) is 10.8. The highest BCUT2D eigenvalue weighted by Crippen LogP contribution is 1.30. The lowest BCUT2D eigenvalue weighted by molar-refractivity contribution is 1.45. The molecule has 0 unspecified atom stereocenters. The molecule has 0 atom stereocenters. The highest BCUT2D eigenvalue weighted by molar-refractivity contribution is 5.75. The summed E-state index contributed by atoms with van der Waals surface area (Å²) in [5, 5.41) is 0. The Bertz CT molecular complexity index is 137. The maximum absolute atomic E-state index is 6.86. The van der Waals surface area contributed by atoms with Crippen LogP contribution in [0.15, 0.2) is 0 Å². The van der Waals surface area contributed by atoms with Crippen LogP contribution in [0.25, 0.3) is 58.4 Å². The molecule has 0 rings (SSSR count). The van der Waals surface area contributed by atoms with Crippen LogP contribution in [0, 0.1) is 5.53 Å². The fourth-order valence-electron chi connectivity index (χ4n) is 0. The van der Waals surface area contributed by atoms with E-state index in [1.165, 1.54) is 14.7 Å². The molecule has 13 heavy (non-hydrogen) atoms. The van der Waals surface area contributed by atoms with Crippen LogP contribution in [0.3, 0.4) is 0 Å². The minimum atomic E-state index is 0. The van der Waals surface area contributed by atoms with E-state index in [1.54, 1.807) is 4.91 Å². The summed E-state index contributed by atoms with van der Waals surface area (Å²) < 4.78 is 0. The predicted molar refractivity (Wildman–Crippen MR) is 51.0 cm³/mol. The first-order valence-electron chi connectivity index (χ1n) is 1.62. The SMILES string of the molecule is [N-]=[N+]=N.[N-]=[N+]=[N-].[N-]=[N+]=[N-].[N-]=[N+]=[N-].[SiH4]. The lowest BCUT2D eigenvalue weighted by Gasteiger charge is -1.32. The summed E-state index contributed by atoms with van der Waals surface area (Å²) in [6.07, 6.45) is 0. The second kappa shape index (κ2) is 319. The monoisotopic (exact) mass is 201 g/mol. The van der Waals surface area contributed by atoms with Gasteiger partial charge in [-0.25, -0.2) is 0 Å². The van der Waals surface area contributed by atoms with Crippen LogP contribution in [0.4, 0.5) is 0 Å². The third kappa shape index (κ3) is 81.3. The fourth-order valence-corrected chi connectivity index (χ4v) is 0. The molecule has 72 valence electrons. The fraction of sp³-hybridized carbons (Fsp3) is 0. The second-order valence-electron chi connectivity index (χ2n) is 0.368. The average molecular weight is 201 g/mol. The molecule has 0 amide bonds. The van der Waals surface area contributed by atoms with Crippen LogP contribution >= 0.6 is 0 Å². The van der Waals surface area contributed by atoms with Crippen LogP contribution in [0.2, 0.25) is 0 Å². The molecule has 0 aromatic carbocycles. The Morgan fingerprint density at radius 3 is 0.615 bits per heavy atom. The van der Waals surface area contributed by atoms with Crippen LogP contribution in [-0.4, -0.2) is 11.0 Å². The lowest BCUT2D eigenvalue weighted by Crippen LogP contribution is -0.769. The Kier molecular flexibility index (Phi) is 770. The van der Waals surface area contributed by atoms with E-state index in [4.69, 9.17) is 44.2 Å². The van der Waals surface area contributed by atoms with E-state index in [1.807, 2.05) is 0 Å². The Balaban J connectivity index is -0.0000000213. The molecule has 0 aliphatic rings. The number of hydrogen-bond acceptors (Lipinski definition) is 1. The van der Waals surface area contributed by atoms with Gasteiger partial charge >= 0.3 is 0 Å². The van der Waals surface area contributed by atoms with Crippen LogP contribution in [0.1, 0.15) is 0 Å². The first kappa shape index (κ1) is 31.4. The minimum Gasteiger partial charge on any atom is -0.373 e. The summed E-state index contributed by atoms with van der Waals surface area (Å²) in [7, 11) is 0. The van der Waals surface area contributed by atoms with Crippen molar-refractivity contribution in [3.05, 3.63) is 58.4 Å². The van der Waals surface area contributed by atoms with Crippen molar-refractivity contribution in [2.45, 2.75) is 0 Å². The molecule has 0 radical (unpaired) electrons. The van der Waals surface area contributed by atoms with E-state index in [2.05, 4.69) is 0 Å². The quantitative estimate of drug-likeness (QED) is 0.256. The van der Waals surface area contributed by atoms with Gasteiger partial charge in [0.2, 0.25) is 0 Å². The van der Waals surface area contributed by atoms with Crippen molar-refractivity contribution >= 4 is 11.0 Å². The van der Waals surface area contributed by atoms with Crippen LogP contribution < -0.4 is 0 Å². The first-order chi connectivity index (χ1) is 5.66. The molecule has 0 aromatic rings. The molecule has 0 saturated carbocycles. The molecule has 0 heterocycles. The van der Waals surface area contributed by atoms with Gasteiger partial charge in [-0.05, 0) is 21.4 Å². The van der Waals surface area contributed by atoms with Gasteiger partial charge in [0.25, 0.3) is 0 Å². The normalized spacial score (nSPS) is 2.46. The zero-order valence-corrected chi connectivity index (χ0v) is 5.42. The number of nitrogens with one attached hydrogen (secondary N) is 1. The Morgan fingerprint density at radius 1 is 0.615 bits per heavy atom. The summed E-state index contributed by atoms with van der Waals surface area (Å²) in [6, 6.07) is 0. The topological polar surface area (TPSA) is 236 Å². The van der Waals surface area contributed by atoms with Crippen molar-refractivity contribution in [2.24, 2.45) is 0 Å². The molecule has 1 N–H and O–H groups in total. The zero-order valence-electron chi connectivity index (χ0n) is 5.42. The van der Waals surface area contributed by atoms with E-state index in [9.17, 15) is 0 Å². The van der Waals surface area contributed by atoms with Crippen LogP contribution in [0.5, 0.6) is 0 Å². The molecular weight excluding hydrogens is 196 g/mol. The van der Waals surface area contributed by atoms with Gasteiger partial charge in [0.05, 0.1) is 0 Å². The minimum absolute atomic E-state index is 0. The van der Waals surface area contributed by atoms with Crippen molar-refractivity contribution in [2.75, 3.05) is 0 Å². The molecule has 0 saturated heterocycles. The molecule has 0 aliphatic heterocycles. The van der Waals surface area contributed by atoms with Gasteiger partial charge in [-0.15, -0.1) is 5.53 Å². The van der Waals surface area contributed by atoms with Crippen molar-refractivity contribution in [3.8, 4) is 0 Å². The van der Waals surface area contributed by atoms with Crippen molar-refractivity contribution in [3.63, 3.8) is 0 Å². The third-order valence-electron chi connectivity index (χ3n) is 0. The van der Waals surface area contributed by atoms with Crippen molar-refractivity contribution in [1.29, 1.82) is 5.53 Å². The molecule has 0 aromatic heterocycles. The molecule has 12 nitrogen and oxygen atoms in total. The predicted octanol–water partition coefficient (Wildman–Crippen LogP) is 2.02. The van der Waals surface area contributed by atoms with Gasteiger partial charge in [0.15, 0.2) is 0 Å².